The molecule has 0 N–H and O–H groups in total. The molecular weight excluding hydrogens is 318 g/mol. The zero-order valence-corrected chi connectivity index (χ0v) is 14.8. The summed E-state index contributed by atoms with van der Waals surface area (Å²) < 4.78 is 8.30. The molecule has 0 aliphatic carbocycles. The Morgan fingerprint density at radius 1 is 1.24 bits per heavy atom. The number of aromatic nitrogens is 3. The number of rotatable bonds is 4. The molecule has 0 spiro atoms. The van der Waals surface area contributed by atoms with Crippen LogP contribution in [0.25, 0.3) is 16.7 Å². The summed E-state index contributed by atoms with van der Waals surface area (Å²) in [6, 6.07) is 10.4. The molecule has 25 heavy (non-hydrogen) atoms. The Balaban J connectivity index is 2.37. The van der Waals surface area contributed by atoms with Crippen LogP contribution in [-0.2, 0) is 9.53 Å². The fourth-order valence-electron chi connectivity index (χ4n) is 3.12. The van der Waals surface area contributed by atoms with Gasteiger partial charge in [-0.3, -0.25) is 9.36 Å². The monoisotopic (exact) mass is 339 g/mol. The van der Waals surface area contributed by atoms with Gasteiger partial charge < -0.3 is 4.74 Å². The van der Waals surface area contributed by atoms with Gasteiger partial charge in [-0.2, -0.15) is 5.10 Å². The van der Waals surface area contributed by atoms with Crippen LogP contribution < -0.4 is 5.56 Å². The molecule has 0 radical (unpaired) electrons. The van der Waals surface area contributed by atoms with Gasteiger partial charge in [-0.15, -0.1) is 0 Å². The van der Waals surface area contributed by atoms with Gasteiger partial charge in [0.2, 0.25) is 0 Å². The van der Waals surface area contributed by atoms with Crippen LogP contribution in [0.5, 0.6) is 0 Å². The van der Waals surface area contributed by atoms with E-state index in [-0.39, 0.29) is 12.2 Å². The van der Waals surface area contributed by atoms with E-state index in [1.165, 1.54) is 4.57 Å². The van der Waals surface area contributed by atoms with Crippen LogP contribution in [0.15, 0.2) is 41.2 Å². The lowest BCUT2D eigenvalue weighted by atomic mass is 10.1. The van der Waals surface area contributed by atoms with Crippen molar-refractivity contribution in [3.05, 3.63) is 58.0 Å². The van der Waals surface area contributed by atoms with E-state index >= 15 is 0 Å². The Kier molecular flexibility index (Phi) is 4.44. The van der Waals surface area contributed by atoms with E-state index in [4.69, 9.17) is 4.74 Å². The summed E-state index contributed by atoms with van der Waals surface area (Å²) in [5.41, 5.74) is 2.83. The largest absolute Gasteiger partial charge is 0.464 e. The molecule has 2 aromatic heterocycles. The van der Waals surface area contributed by atoms with Crippen LogP contribution in [0.4, 0.5) is 0 Å². The van der Waals surface area contributed by atoms with Crippen molar-refractivity contribution in [2.75, 3.05) is 6.61 Å². The minimum absolute atomic E-state index is 0.248. The molecule has 1 atom stereocenters. The molecule has 0 amide bonds. The number of benzene rings is 1. The Morgan fingerprint density at radius 2 is 1.92 bits per heavy atom. The van der Waals surface area contributed by atoms with Gasteiger partial charge in [0.1, 0.15) is 11.7 Å². The Bertz CT molecular complexity index is 987. The number of para-hydroxylation sites is 1. The van der Waals surface area contributed by atoms with Crippen molar-refractivity contribution in [3.63, 3.8) is 0 Å². The van der Waals surface area contributed by atoms with Gasteiger partial charge in [-0.1, -0.05) is 18.2 Å². The molecule has 130 valence electrons. The maximum atomic E-state index is 12.7. The molecule has 0 aliphatic rings. The van der Waals surface area contributed by atoms with Gasteiger partial charge in [0.05, 0.1) is 18.0 Å². The highest BCUT2D eigenvalue weighted by molar-refractivity contribution is 5.85. The van der Waals surface area contributed by atoms with E-state index in [1.54, 1.807) is 24.6 Å². The van der Waals surface area contributed by atoms with Crippen molar-refractivity contribution in [1.29, 1.82) is 0 Å². The zero-order chi connectivity index (χ0) is 18.1. The van der Waals surface area contributed by atoms with Gasteiger partial charge in [0.15, 0.2) is 0 Å². The first-order valence-corrected chi connectivity index (χ1v) is 8.29. The first-order chi connectivity index (χ1) is 12.0. The lowest BCUT2D eigenvalue weighted by Crippen LogP contribution is -2.30. The molecule has 3 rings (SSSR count). The summed E-state index contributed by atoms with van der Waals surface area (Å²) in [4.78, 5) is 25.0. The topological polar surface area (TPSA) is 66.1 Å². The van der Waals surface area contributed by atoms with E-state index in [0.717, 1.165) is 22.3 Å². The van der Waals surface area contributed by atoms with Gasteiger partial charge in [-0.25, -0.2) is 9.48 Å². The number of ether oxygens (including phenoxy) is 1. The van der Waals surface area contributed by atoms with E-state index in [1.807, 2.05) is 44.2 Å². The van der Waals surface area contributed by atoms with Gasteiger partial charge >= 0.3 is 5.97 Å². The Labute approximate surface area is 145 Å². The quantitative estimate of drug-likeness (QED) is 0.686. The minimum atomic E-state index is -0.742. The van der Waals surface area contributed by atoms with E-state index in [9.17, 15) is 9.59 Å². The number of pyridine rings is 1. The minimum Gasteiger partial charge on any atom is -0.464 e. The number of hydrogen-bond donors (Lipinski definition) is 0. The number of hydrogen-bond acceptors (Lipinski definition) is 4. The molecule has 3 aromatic rings. The molecule has 0 saturated carbocycles. The molecule has 6 nitrogen and oxygen atoms in total. The van der Waals surface area contributed by atoms with Crippen molar-refractivity contribution < 1.29 is 9.53 Å². The molecule has 6 heteroatoms. The second kappa shape index (κ2) is 6.55. The number of carbonyl (C=O) groups excluding carboxylic acids is 1. The normalized spacial score (nSPS) is 12.3. The summed E-state index contributed by atoms with van der Waals surface area (Å²) in [7, 11) is 0. The van der Waals surface area contributed by atoms with Gasteiger partial charge in [-0.05, 0) is 45.4 Å². The Morgan fingerprint density at radius 3 is 2.56 bits per heavy atom. The first kappa shape index (κ1) is 17.0. The molecule has 0 fully saturated rings. The summed E-state index contributed by atoms with van der Waals surface area (Å²) >= 11 is 0. The average molecular weight is 339 g/mol. The predicted octanol–water partition coefficient (Wildman–Crippen LogP) is 2.93. The molecule has 0 saturated heterocycles. The fourth-order valence-corrected chi connectivity index (χ4v) is 3.12. The summed E-state index contributed by atoms with van der Waals surface area (Å²) in [5.74, 6) is -0.437. The number of esters is 1. The standard InChI is InChI=1S/C19H21N3O3/c1-5-25-19(24)14(4)21-16(23)11-12(2)17-13(3)20-22(18(17)21)15-9-7-6-8-10-15/h6-11,14H,5H2,1-4H3/t14-/m1/s1. The third-order valence-corrected chi connectivity index (χ3v) is 4.25. The van der Waals surface area contributed by atoms with Crippen LogP contribution in [0.1, 0.15) is 31.1 Å². The van der Waals surface area contributed by atoms with Crippen molar-refractivity contribution in [3.8, 4) is 5.69 Å². The predicted molar refractivity (Wildman–Crippen MR) is 96.1 cm³/mol. The number of nitrogens with zero attached hydrogens (tertiary/aromatic N) is 3. The van der Waals surface area contributed by atoms with Gasteiger partial charge in [0.25, 0.3) is 5.56 Å². The number of aryl methyl sites for hydroxylation is 2. The van der Waals surface area contributed by atoms with Gasteiger partial charge in [0, 0.05) is 11.5 Å². The van der Waals surface area contributed by atoms with Crippen molar-refractivity contribution >= 4 is 17.0 Å². The number of fused-ring (bicyclic) bond motifs is 1. The maximum Gasteiger partial charge on any atom is 0.329 e. The molecule has 2 heterocycles. The van der Waals surface area contributed by atoms with E-state index in [0.29, 0.717) is 5.65 Å². The lowest BCUT2D eigenvalue weighted by molar-refractivity contribution is -0.146. The SMILES string of the molecule is CCOC(=O)[C@@H](C)n1c(=O)cc(C)c2c(C)nn(-c3ccccc3)c21. The summed E-state index contributed by atoms with van der Waals surface area (Å²) in [5, 5.41) is 5.49. The zero-order valence-electron chi connectivity index (χ0n) is 14.8. The highest BCUT2D eigenvalue weighted by Gasteiger charge is 2.24. The highest BCUT2D eigenvalue weighted by Crippen LogP contribution is 2.25. The Hall–Kier alpha value is -2.89. The third kappa shape index (κ3) is 2.84. The molecule has 1 aromatic carbocycles. The van der Waals surface area contributed by atoms with Crippen LogP contribution in [0.2, 0.25) is 0 Å². The number of carbonyl (C=O) groups is 1. The second-order valence-electron chi connectivity index (χ2n) is 5.99. The van der Waals surface area contributed by atoms with Crippen molar-refractivity contribution in [2.24, 2.45) is 0 Å². The van der Waals surface area contributed by atoms with Crippen LogP contribution in [0, 0.1) is 13.8 Å². The average Bonchev–Trinajstić information content (AvgIpc) is 2.93. The van der Waals surface area contributed by atoms with Crippen LogP contribution in [0.3, 0.4) is 0 Å². The third-order valence-electron chi connectivity index (χ3n) is 4.25. The van der Waals surface area contributed by atoms with Crippen LogP contribution >= 0.6 is 0 Å². The smallest absolute Gasteiger partial charge is 0.329 e. The van der Waals surface area contributed by atoms with E-state index in [2.05, 4.69) is 5.10 Å². The fraction of sp³-hybridized carbons (Fsp3) is 0.316. The first-order valence-electron chi connectivity index (χ1n) is 8.29. The van der Waals surface area contributed by atoms with E-state index < -0.39 is 12.0 Å². The van der Waals surface area contributed by atoms with Crippen molar-refractivity contribution in [2.45, 2.75) is 33.7 Å². The summed E-state index contributed by atoms with van der Waals surface area (Å²) in [6.45, 7) is 7.47. The maximum absolute atomic E-state index is 12.7. The van der Waals surface area contributed by atoms with Crippen LogP contribution in [-0.4, -0.2) is 26.9 Å². The molecule has 0 aliphatic heterocycles. The molecular formula is C19H21N3O3. The lowest BCUT2D eigenvalue weighted by Gasteiger charge is -2.17. The molecule has 0 bridgehead atoms. The highest BCUT2D eigenvalue weighted by atomic mass is 16.5. The second-order valence-corrected chi connectivity index (χ2v) is 5.99. The van der Waals surface area contributed by atoms with Crippen molar-refractivity contribution in [1.82, 2.24) is 14.3 Å². The molecule has 0 unspecified atom stereocenters. The summed E-state index contributed by atoms with van der Waals surface area (Å²) in [6.07, 6.45) is 0.